The first-order valence-corrected chi connectivity index (χ1v) is 10.4. The number of nitrogens with zero attached hydrogens (tertiary/aromatic N) is 1. The Morgan fingerprint density at radius 1 is 1.15 bits per heavy atom. The average molecular weight is 418 g/mol. The second-order valence-corrected chi connectivity index (χ2v) is 8.16. The summed E-state index contributed by atoms with van der Waals surface area (Å²) in [6.45, 7) is 1.65. The van der Waals surface area contributed by atoms with Crippen LogP contribution in [0.15, 0.2) is 58.8 Å². The molecule has 2 aromatic carbocycles. The van der Waals surface area contributed by atoms with Crippen molar-refractivity contribution in [3.63, 3.8) is 0 Å². The van der Waals surface area contributed by atoms with Gasteiger partial charge in [-0.1, -0.05) is 23.7 Å². The highest BCUT2D eigenvalue weighted by Crippen LogP contribution is 2.27. The van der Waals surface area contributed by atoms with E-state index in [0.29, 0.717) is 21.9 Å². The molecule has 0 fully saturated rings. The van der Waals surface area contributed by atoms with E-state index in [2.05, 4.69) is 4.98 Å². The third-order valence-corrected chi connectivity index (χ3v) is 5.83. The number of rotatable bonds is 7. The molecule has 0 aliphatic carbocycles. The van der Waals surface area contributed by atoms with Crippen LogP contribution in [-0.4, -0.2) is 23.3 Å². The molecule has 27 heavy (non-hydrogen) atoms. The molecule has 0 saturated heterocycles. The Hall–Kier alpha value is -2.15. The summed E-state index contributed by atoms with van der Waals surface area (Å²) in [7, 11) is 0. The molecule has 0 amide bonds. The van der Waals surface area contributed by atoms with Gasteiger partial charge in [0, 0.05) is 26.6 Å². The first-order chi connectivity index (χ1) is 13.0. The van der Waals surface area contributed by atoms with E-state index in [1.165, 1.54) is 11.8 Å². The van der Waals surface area contributed by atoms with Gasteiger partial charge in [-0.25, -0.2) is 9.78 Å². The molecule has 0 unspecified atom stereocenters. The first kappa shape index (κ1) is 19.6. The number of hydrogen-bond acceptors (Lipinski definition) is 6. The average Bonchev–Trinajstić information content (AvgIpc) is 3.10. The minimum atomic E-state index is -0.519. The van der Waals surface area contributed by atoms with E-state index in [-0.39, 0.29) is 12.4 Å². The van der Waals surface area contributed by atoms with Gasteiger partial charge in [-0.3, -0.25) is 4.79 Å². The zero-order chi connectivity index (χ0) is 19.2. The highest BCUT2D eigenvalue weighted by molar-refractivity contribution is 7.98. The summed E-state index contributed by atoms with van der Waals surface area (Å²) in [5, 5.41) is 3.57. The number of aryl methyl sites for hydroxylation is 1. The maximum atomic E-state index is 12.4. The summed E-state index contributed by atoms with van der Waals surface area (Å²) < 4.78 is 5.22. The van der Waals surface area contributed by atoms with Crippen LogP contribution in [0, 0.1) is 6.92 Å². The molecular weight excluding hydrogens is 402 g/mol. The summed E-state index contributed by atoms with van der Waals surface area (Å²) in [6.07, 6.45) is 0. The normalized spacial score (nSPS) is 10.6. The number of thioether (sulfide) groups is 1. The van der Waals surface area contributed by atoms with Gasteiger partial charge in [-0.2, -0.15) is 0 Å². The Kier molecular flexibility index (Phi) is 6.66. The fraction of sp³-hybridized carbons (Fsp3) is 0.150. The van der Waals surface area contributed by atoms with Crippen LogP contribution in [0.5, 0.6) is 0 Å². The van der Waals surface area contributed by atoms with Crippen LogP contribution >= 0.6 is 34.7 Å². The fourth-order valence-electron chi connectivity index (χ4n) is 2.32. The van der Waals surface area contributed by atoms with Crippen LogP contribution in [0.2, 0.25) is 5.02 Å². The molecule has 1 aromatic heterocycles. The number of thiazole rings is 1. The smallest absolute Gasteiger partial charge is 0.339 e. The predicted octanol–water partition coefficient (Wildman–Crippen LogP) is 5.44. The van der Waals surface area contributed by atoms with Gasteiger partial charge < -0.3 is 4.74 Å². The number of carbonyl (C=O) groups excluding carboxylic acids is 2. The number of ether oxygens (including phenoxy) is 1. The number of carbonyl (C=O) groups is 2. The molecule has 0 saturated carbocycles. The molecule has 4 nitrogen and oxygen atoms in total. The zero-order valence-electron chi connectivity index (χ0n) is 14.5. The number of Topliss-reactive ketones (excluding diaryl/α,β-unsaturated/α-hetero) is 1. The topological polar surface area (TPSA) is 56.3 Å². The molecule has 0 aliphatic rings. The first-order valence-electron chi connectivity index (χ1n) is 8.11. The highest BCUT2D eigenvalue weighted by Gasteiger charge is 2.16. The van der Waals surface area contributed by atoms with Crippen LogP contribution < -0.4 is 0 Å². The van der Waals surface area contributed by atoms with Gasteiger partial charge in [0.05, 0.1) is 16.3 Å². The second kappa shape index (κ2) is 9.17. The third-order valence-electron chi connectivity index (χ3n) is 3.65. The van der Waals surface area contributed by atoms with E-state index in [1.54, 1.807) is 47.7 Å². The SMILES string of the molecule is Cc1nc(CSc2ccccc2C(=O)OCC(=O)c2ccc(Cl)cc2)cs1. The van der Waals surface area contributed by atoms with Gasteiger partial charge in [0.15, 0.2) is 12.4 Å². The van der Waals surface area contributed by atoms with Crippen molar-refractivity contribution in [1.29, 1.82) is 0 Å². The Balaban J connectivity index is 1.62. The van der Waals surface area contributed by atoms with Crippen molar-refractivity contribution in [3.8, 4) is 0 Å². The van der Waals surface area contributed by atoms with Gasteiger partial charge in [-0.05, 0) is 43.3 Å². The predicted molar refractivity (Wildman–Crippen MR) is 109 cm³/mol. The van der Waals surface area contributed by atoms with E-state index in [1.807, 2.05) is 24.4 Å². The quantitative estimate of drug-likeness (QED) is 0.291. The maximum absolute atomic E-state index is 12.4. The zero-order valence-corrected chi connectivity index (χ0v) is 16.9. The van der Waals surface area contributed by atoms with Crippen LogP contribution in [0.4, 0.5) is 0 Å². The molecule has 7 heteroatoms. The molecule has 0 spiro atoms. The van der Waals surface area contributed by atoms with E-state index in [9.17, 15) is 9.59 Å². The number of ketones is 1. The van der Waals surface area contributed by atoms with Crippen molar-refractivity contribution in [1.82, 2.24) is 4.98 Å². The molecule has 0 aliphatic heterocycles. The van der Waals surface area contributed by atoms with Crippen molar-refractivity contribution >= 4 is 46.5 Å². The van der Waals surface area contributed by atoms with Crippen molar-refractivity contribution in [2.45, 2.75) is 17.6 Å². The lowest BCUT2D eigenvalue weighted by atomic mass is 10.1. The Morgan fingerprint density at radius 2 is 1.89 bits per heavy atom. The van der Waals surface area contributed by atoms with Crippen LogP contribution in [0.25, 0.3) is 0 Å². The van der Waals surface area contributed by atoms with E-state index >= 15 is 0 Å². The summed E-state index contributed by atoms with van der Waals surface area (Å²) >= 11 is 8.93. The van der Waals surface area contributed by atoms with Crippen LogP contribution in [-0.2, 0) is 10.5 Å². The van der Waals surface area contributed by atoms with Crippen LogP contribution in [0.3, 0.4) is 0 Å². The summed E-state index contributed by atoms with van der Waals surface area (Å²) in [5.74, 6) is -0.129. The third kappa shape index (κ3) is 5.42. The monoisotopic (exact) mass is 417 g/mol. The summed E-state index contributed by atoms with van der Waals surface area (Å²) in [6, 6.07) is 13.7. The Labute approximate surface area is 170 Å². The number of hydrogen-bond donors (Lipinski definition) is 0. The minimum absolute atomic E-state index is 0.275. The molecule has 3 aromatic rings. The van der Waals surface area contributed by atoms with Crippen molar-refractivity contribution < 1.29 is 14.3 Å². The summed E-state index contributed by atoms with van der Waals surface area (Å²) in [4.78, 5) is 29.8. The lowest BCUT2D eigenvalue weighted by molar-refractivity contribution is 0.0471. The van der Waals surface area contributed by atoms with Gasteiger partial charge in [0.25, 0.3) is 0 Å². The van der Waals surface area contributed by atoms with E-state index in [0.717, 1.165) is 15.6 Å². The standard InChI is InChI=1S/C20H16ClNO3S2/c1-13-22-16(11-26-13)12-27-19-5-3-2-4-17(19)20(24)25-10-18(23)14-6-8-15(21)9-7-14/h2-9,11H,10,12H2,1H3. The molecule has 0 N–H and O–H groups in total. The van der Waals surface area contributed by atoms with Gasteiger partial charge in [-0.15, -0.1) is 23.1 Å². The van der Waals surface area contributed by atoms with Crippen molar-refractivity contribution in [2.24, 2.45) is 0 Å². The lowest BCUT2D eigenvalue weighted by Crippen LogP contribution is -2.14. The molecule has 1 heterocycles. The maximum Gasteiger partial charge on any atom is 0.339 e. The Bertz CT molecular complexity index is 954. The van der Waals surface area contributed by atoms with E-state index < -0.39 is 5.97 Å². The van der Waals surface area contributed by atoms with Crippen molar-refractivity contribution in [2.75, 3.05) is 6.61 Å². The molecule has 0 bridgehead atoms. The molecule has 0 radical (unpaired) electrons. The Morgan fingerprint density at radius 3 is 2.59 bits per heavy atom. The number of benzene rings is 2. The van der Waals surface area contributed by atoms with Gasteiger partial charge >= 0.3 is 5.97 Å². The largest absolute Gasteiger partial charge is 0.454 e. The lowest BCUT2D eigenvalue weighted by Gasteiger charge is -2.09. The van der Waals surface area contributed by atoms with Crippen LogP contribution in [0.1, 0.15) is 31.4 Å². The van der Waals surface area contributed by atoms with Gasteiger partial charge in [0.1, 0.15) is 0 Å². The van der Waals surface area contributed by atoms with Gasteiger partial charge in [0.2, 0.25) is 0 Å². The number of esters is 1. The molecule has 0 atom stereocenters. The highest BCUT2D eigenvalue weighted by atomic mass is 35.5. The fourth-order valence-corrected chi connectivity index (χ4v) is 4.09. The number of aromatic nitrogens is 1. The molecule has 138 valence electrons. The summed E-state index contributed by atoms with van der Waals surface area (Å²) in [5.41, 5.74) is 1.87. The van der Waals surface area contributed by atoms with E-state index in [4.69, 9.17) is 16.3 Å². The number of halogens is 1. The van der Waals surface area contributed by atoms with Crippen molar-refractivity contribution in [3.05, 3.63) is 80.8 Å². The molecule has 3 rings (SSSR count). The molecular formula is C20H16ClNO3S2. The second-order valence-electron chi connectivity index (χ2n) is 5.65. The minimum Gasteiger partial charge on any atom is -0.454 e.